The van der Waals surface area contributed by atoms with Gasteiger partial charge in [0.25, 0.3) is 5.91 Å². The quantitative estimate of drug-likeness (QED) is 0.607. The zero-order chi connectivity index (χ0) is 24.7. The normalized spacial score (nSPS) is 22.1. The summed E-state index contributed by atoms with van der Waals surface area (Å²) in [6.07, 6.45) is -10.4. The number of halogens is 7. The zero-order valence-electron chi connectivity index (χ0n) is 16.7. The first-order chi connectivity index (χ1) is 15.1. The lowest BCUT2D eigenvalue weighted by atomic mass is 9.93. The highest BCUT2D eigenvalue weighted by atomic mass is 32.2. The van der Waals surface area contributed by atoms with Crippen molar-refractivity contribution in [1.82, 2.24) is 10.3 Å². The van der Waals surface area contributed by atoms with E-state index in [4.69, 9.17) is 0 Å². The van der Waals surface area contributed by atoms with Crippen LogP contribution in [0, 0.1) is 0 Å². The van der Waals surface area contributed by atoms with Crippen molar-refractivity contribution in [3.8, 4) is 0 Å². The van der Waals surface area contributed by atoms with Gasteiger partial charge in [-0.25, -0.2) is 12.8 Å². The Morgan fingerprint density at radius 3 is 2.09 bits per heavy atom. The molecule has 2 aromatic rings. The highest BCUT2D eigenvalue weighted by molar-refractivity contribution is 7.92. The molecule has 0 radical (unpaired) electrons. The Bertz CT molecular complexity index is 1120. The van der Waals surface area contributed by atoms with Gasteiger partial charge in [-0.2, -0.15) is 26.3 Å². The van der Waals surface area contributed by atoms with E-state index >= 15 is 4.39 Å². The van der Waals surface area contributed by atoms with E-state index in [-0.39, 0.29) is 18.5 Å². The molecule has 1 fully saturated rings. The second kappa shape index (κ2) is 8.58. The molecule has 0 unspecified atom stereocenters. The van der Waals surface area contributed by atoms with Gasteiger partial charge in [0.05, 0.1) is 16.0 Å². The van der Waals surface area contributed by atoms with Crippen LogP contribution in [0.3, 0.4) is 0 Å². The molecule has 1 heterocycles. The number of benzene rings is 1. The monoisotopic (exact) mass is 498 g/mol. The average Bonchev–Trinajstić information content (AvgIpc) is 2.74. The Hall–Kier alpha value is -2.70. The Labute approximate surface area is 183 Å². The maximum Gasteiger partial charge on any atom is 0.417 e. The first-order valence-corrected chi connectivity index (χ1v) is 11.1. The van der Waals surface area contributed by atoms with Crippen LogP contribution in [-0.2, 0) is 22.2 Å². The Kier molecular flexibility index (Phi) is 6.48. The molecule has 5 nitrogen and oxygen atoms in total. The minimum atomic E-state index is -4.80. The first-order valence-electron chi connectivity index (χ1n) is 9.58. The van der Waals surface area contributed by atoms with Gasteiger partial charge in [-0.05, 0) is 56.0 Å². The number of hydrogen-bond acceptors (Lipinski definition) is 4. The average molecular weight is 498 g/mol. The molecule has 1 aromatic carbocycles. The van der Waals surface area contributed by atoms with E-state index in [1.54, 1.807) is 0 Å². The summed E-state index contributed by atoms with van der Waals surface area (Å²) in [6, 6.07) is 3.67. The fourth-order valence-electron chi connectivity index (χ4n) is 3.47. The van der Waals surface area contributed by atoms with Gasteiger partial charge < -0.3 is 5.32 Å². The molecule has 3 rings (SSSR count). The molecular formula is C20H17F7N2O3S. The minimum absolute atomic E-state index is 0.152. The standard InChI is InChI=1S/C20H17F7N2O3S/c21-18(33(31,32)15-3-1-2-12(10-15)19(22,23)24)8-6-14(7-9-18)29-17(30)16-5-4-13(11-28-16)20(25,26)27/h1-5,10-11,14H,6-9H2,(H,29,30)/t14-,18+. The lowest BCUT2D eigenvalue weighted by Gasteiger charge is -2.33. The second-order valence-corrected chi connectivity index (χ2v) is 9.80. The molecule has 0 spiro atoms. The number of alkyl halides is 7. The highest BCUT2D eigenvalue weighted by Gasteiger charge is 2.48. The lowest BCUT2D eigenvalue weighted by Crippen LogP contribution is -2.45. The smallest absolute Gasteiger partial charge is 0.348 e. The summed E-state index contributed by atoms with van der Waals surface area (Å²) in [5.41, 5.74) is -2.58. The van der Waals surface area contributed by atoms with Gasteiger partial charge in [0.2, 0.25) is 14.8 Å². The number of carbonyl (C=O) groups excluding carboxylic acids is 1. The predicted molar refractivity (Wildman–Crippen MR) is 101 cm³/mol. The first kappa shape index (κ1) is 24.9. The van der Waals surface area contributed by atoms with Gasteiger partial charge in [0.15, 0.2) is 0 Å². The molecular weight excluding hydrogens is 481 g/mol. The van der Waals surface area contributed by atoms with Gasteiger partial charge >= 0.3 is 12.4 Å². The van der Waals surface area contributed by atoms with E-state index < -0.39 is 68.0 Å². The molecule has 33 heavy (non-hydrogen) atoms. The molecule has 0 bridgehead atoms. The number of amides is 1. The maximum absolute atomic E-state index is 15.4. The third-order valence-electron chi connectivity index (χ3n) is 5.34. The molecule has 1 aromatic heterocycles. The van der Waals surface area contributed by atoms with Crippen LogP contribution in [0.1, 0.15) is 47.3 Å². The van der Waals surface area contributed by atoms with Crippen molar-refractivity contribution in [2.75, 3.05) is 0 Å². The van der Waals surface area contributed by atoms with Crippen LogP contribution in [0.5, 0.6) is 0 Å². The summed E-state index contributed by atoms with van der Waals surface area (Å²) in [5, 5.41) is -0.370. The maximum atomic E-state index is 15.4. The van der Waals surface area contributed by atoms with Crippen molar-refractivity contribution in [1.29, 1.82) is 0 Å². The number of rotatable bonds is 4. The summed E-state index contributed by atoms with van der Waals surface area (Å²) < 4.78 is 117. The summed E-state index contributed by atoms with van der Waals surface area (Å²) >= 11 is 0. The van der Waals surface area contributed by atoms with Crippen molar-refractivity contribution >= 4 is 15.7 Å². The minimum Gasteiger partial charge on any atom is -0.348 e. The molecule has 0 aliphatic heterocycles. The van der Waals surface area contributed by atoms with Gasteiger partial charge in [-0.1, -0.05) is 6.07 Å². The van der Waals surface area contributed by atoms with E-state index in [2.05, 4.69) is 10.3 Å². The number of hydrogen-bond donors (Lipinski definition) is 1. The third kappa shape index (κ3) is 5.28. The van der Waals surface area contributed by atoms with E-state index in [0.29, 0.717) is 24.4 Å². The fourth-order valence-corrected chi connectivity index (χ4v) is 5.20. The van der Waals surface area contributed by atoms with E-state index in [9.17, 15) is 39.6 Å². The Balaban J connectivity index is 1.67. The van der Waals surface area contributed by atoms with Gasteiger partial charge in [0.1, 0.15) is 5.69 Å². The van der Waals surface area contributed by atoms with Crippen LogP contribution in [0.15, 0.2) is 47.5 Å². The Morgan fingerprint density at radius 2 is 1.58 bits per heavy atom. The largest absolute Gasteiger partial charge is 0.417 e. The highest BCUT2D eigenvalue weighted by Crippen LogP contribution is 2.41. The third-order valence-corrected chi connectivity index (χ3v) is 7.59. The van der Waals surface area contributed by atoms with Gasteiger partial charge in [-0.3, -0.25) is 9.78 Å². The molecule has 180 valence electrons. The Morgan fingerprint density at radius 1 is 0.970 bits per heavy atom. The lowest BCUT2D eigenvalue weighted by molar-refractivity contribution is -0.138. The number of nitrogens with zero attached hydrogens (tertiary/aromatic N) is 1. The zero-order valence-corrected chi connectivity index (χ0v) is 17.5. The summed E-state index contributed by atoms with van der Waals surface area (Å²) in [6.45, 7) is 0. The number of carbonyl (C=O) groups is 1. The van der Waals surface area contributed by atoms with Crippen LogP contribution >= 0.6 is 0 Å². The second-order valence-electron chi connectivity index (χ2n) is 7.59. The van der Waals surface area contributed by atoms with Crippen LogP contribution < -0.4 is 5.32 Å². The van der Waals surface area contributed by atoms with E-state index in [1.165, 1.54) is 0 Å². The molecule has 13 heteroatoms. The van der Waals surface area contributed by atoms with Crippen molar-refractivity contribution in [2.45, 2.75) is 54.0 Å². The molecule has 1 saturated carbocycles. The summed E-state index contributed by atoms with van der Waals surface area (Å²) in [7, 11) is -4.77. The topological polar surface area (TPSA) is 76.1 Å². The van der Waals surface area contributed by atoms with Crippen molar-refractivity contribution in [3.05, 3.63) is 59.4 Å². The molecule has 0 atom stereocenters. The van der Waals surface area contributed by atoms with Crippen LogP contribution in [0.2, 0.25) is 0 Å². The molecule has 1 aliphatic rings. The summed E-state index contributed by atoms with van der Waals surface area (Å²) in [4.78, 5) is 14.9. The molecule has 1 N–H and O–H groups in total. The number of nitrogens with one attached hydrogen (secondary N) is 1. The van der Waals surface area contributed by atoms with Gasteiger partial charge in [-0.15, -0.1) is 0 Å². The van der Waals surface area contributed by atoms with Crippen LogP contribution in [-0.4, -0.2) is 30.4 Å². The van der Waals surface area contributed by atoms with Crippen molar-refractivity contribution < 1.29 is 43.9 Å². The number of sulfone groups is 1. The fraction of sp³-hybridized carbons (Fsp3) is 0.400. The SMILES string of the molecule is O=C(N[C@H]1CC[C@@](F)(S(=O)(=O)c2cccc(C(F)(F)F)c2)CC1)c1ccc(C(F)(F)F)cn1. The number of aromatic nitrogens is 1. The molecule has 1 aliphatic carbocycles. The number of pyridine rings is 1. The van der Waals surface area contributed by atoms with E-state index in [1.807, 2.05) is 0 Å². The summed E-state index contributed by atoms with van der Waals surface area (Å²) in [5.74, 6) is -0.819. The molecule has 1 amide bonds. The predicted octanol–water partition coefficient (Wildman–Crippen LogP) is 4.93. The van der Waals surface area contributed by atoms with Crippen LogP contribution in [0.25, 0.3) is 0 Å². The van der Waals surface area contributed by atoms with Crippen molar-refractivity contribution in [2.24, 2.45) is 0 Å². The van der Waals surface area contributed by atoms with Crippen molar-refractivity contribution in [3.63, 3.8) is 0 Å². The van der Waals surface area contributed by atoms with Crippen LogP contribution in [0.4, 0.5) is 30.7 Å². The van der Waals surface area contributed by atoms with E-state index in [0.717, 1.165) is 18.2 Å². The molecule has 0 saturated heterocycles. The van der Waals surface area contributed by atoms with Gasteiger partial charge in [0, 0.05) is 12.2 Å².